The number of rotatable bonds is 8. The van der Waals surface area contributed by atoms with Crippen LogP contribution in [0.15, 0.2) is 83.8 Å². The van der Waals surface area contributed by atoms with Crippen molar-refractivity contribution in [1.82, 2.24) is 0 Å². The first-order valence-electron chi connectivity index (χ1n) is 10.2. The number of hydrogen-bond acceptors (Lipinski definition) is 3. The zero-order chi connectivity index (χ0) is 21.6. The molecule has 0 N–H and O–H groups in total. The van der Waals surface area contributed by atoms with E-state index in [1.54, 1.807) is 19.2 Å². The smallest absolute Gasteiger partial charge is 0.175 e. The molecular formula is C26H28O3S. The van der Waals surface area contributed by atoms with E-state index in [0.717, 1.165) is 41.7 Å². The molecule has 3 aromatic carbocycles. The molecule has 0 aliphatic rings. The van der Waals surface area contributed by atoms with Crippen LogP contribution in [0.2, 0.25) is 0 Å². The van der Waals surface area contributed by atoms with Crippen LogP contribution in [0.3, 0.4) is 0 Å². The lowest BCUT2D eigenvalue weighted by Gasteiger charge is -2.18. The van der Waals surface area contributed by atoms with Crippen LogP contribution in [-0.2, 0) is 9.84 Å². The van der Waals surface area contributed by atoms with Crippen LogP contribution in [0.1, 0.15) is 42.9 Å². The lowest BCUT2D eigenvalue weighted by atomic mass is 9.87. The molecule has 3 nitrogen and oxygen atoms in total. The number of hydrogen-bond donors (Lipinski definition) is 0. The fraction of sp³-hybridized carbons (Fsp3) is 0.231. The third kappa shape index (κ3) is 5.19. The van der Waals surface area contributed by atoms with Crippen LogP contribution < -0.4 is 4.74 Å². The number of methoxy groups -OCH3 is 1. The lowest BCUT2D eigenvalue weighted by molar-refractivity contribution is 0.415. The second-order valence-corrected chi connectivity index (χ2v) is 9.36. The summed E-state index contributed by atoms with van der Waals surface area (Å²) in [5.74, 6) is 0.818. The summed E-state index contributed by atoms with van der Waals surface area (Å²) >= 11 is 0. The Morgan fingerprint density at radius 1 is 0.800 bits per heavy atom. The molecule has 0 heterocycles. The predicted molar refractivity (Wildman–Crippen MR) is 124 cm³/mol. The van der Waals surface area contributed by atoms with Gasteiger partial charge in [-0.3, -0.25) is 0 Å². The van der Waals surface area contributed by atoms with Gasteiger partial charge in [0, 0.05) is 6.26 Å². The van der Waals surface area contributed by atoms with Crippen LogP contribution in [0.4, 0.5) is 0 Å². The molecule has 0 spiro atoms. The average Bonchev–Trinajstić information content (AvgIpc) is 2.77. The van der Waals surface area contributed by atoms with Gasteiger partial charge < -0.3 is 4.74 Å². The third-order valence-electron chi connectivity index (χ3n) is 5.15. The first-order chi connectivity index (χ1) is 14.4. The normalized spacial score (nSPS) is 12.4. The van der Waals surface area contributed by atoms with Crippen molar-refractivity contribution < 1.29 is 13.2 Å². The van der Waals surface area contributed by atoms with E-state index in [-0.39, 0.29) is 0 Å². The standard InChI is InChI=1S/C26H28O3S/c1-4-5-11-25(20-14-18-24(19-15-20)30(3,27)28)26(21-9-7-6-8-10-21)22-12-16-23(29-2)17-13-22/h6-10,12-19H,4-5,11H2,1-3H3/b26-25-/i2-1. The van der Waals surface area contributed by atoms with Crippen molar-refractivity contribution in [3.05, 3.63) is 95.6 Å². The van der Waals surface area contributed by atoms with Crippen molar-refractivity contribution in [1.29, 1.82) is 0 Å². The van der Waals surface area contributed by atoms with Gasteiger partial charge in [-0.25, -0.2) is 8.42 Å². The Hall–Kier alpha value is -2.85. The monoisotopic (exact) mass is 419 g/mol. The fourth-order valence-electron chi connectivity index (χ4n) is 3.55. The Labute approximate surface area is 180 Å². The molecule has 0 aliphatic heterocycles. The van der Waals surface area contributed by atoms with Gasteiger partial charge in [-0.2, -0.15) is 0 Å². The highest BCUT2D eigenvalue weighted by Gasteiger charge is 2.15. The molecule has 0 aliphatic carbocycles. The highest BCUT2D eigenvalue weighted by atomic mass is 32.2. The van der Waals surface area contributed by atoms with E-state index in [2.05, 4.69) is 31.2 Å². The molecule has 0 saturated carbocycles. The van der Waals surface area contributed by atoms with Gasteiger partial charge >= 0.3 is 0 Å². The molecule has 3 rings (SSSR count). The Balaban J connectivity index is 2.23. The zero-order valence-electron chi connectivity index (χ0n) is 17.8. The summed E-state index contributed by atoms with van der Waals surface area (Å²) in [5.41, 5.74) is 5.68. The number of benzene rings is 3. The molecule has 4 heteroatoms. The van der Waals surface area contributed by atoms with Gasteiger partial charge in [0.1, 0.15) is 5.75 Å². The first kappa shape index (κ1) is 21.8. The van der Waals surface area contributed by atoms with Crippen LogP contribution in [0.5, 0.6) is 5.75 Å². The van der Waals surface area contributed by atoms with Crippen molar-refractivity contribution in [3.8, 4) is 5.75 Å². The molecule has 3 aromatic rings. The van der Waals surface area contributed by atoms with Gasteiger partial charge in [-0.05, 0) is 64.9 Å². The highest BCUT2D eigenvalue weighted by Crippen LogP contribution is 2.36. The van der Waals surface area contributed by atoms with Gasteiger partial charge in [0.2, 0.25) is 0 Å². The Morgan fingerprint density at radius 3 is 1.90 bits per heavy atom. The van der Waals surface area contributed by atoms with Crippen LogP contribution in [-0.4, -0.2) is 21.8 Å². The Bertz CT molecular complexity index is 1100. The van der Waals surface area contributed by atoms with E-state index in [1.807, 2.05) is 42.5 Å². The number of allylic oxidation sites excluding steroid dienone is 1. The molecular weight excluding hydrogens is 391 g/mol. The van der Waals surface area contributed by atoms with Crippen LogP contribution >= 0.6 is 0 Å². The summed E-state index contributed by atoms with van der Waals surface area (Å²) in [4.78, 5) is 0.340. The molecule has 0 bridgehead atoms. The highest BCUT2D eigenvalue weighted by molar-refractivity contribution is 7.90. The molecule has 0 fully saturated rings. The number of ether oxygens (including phenoxy) is 1. The summed E-state index contributed by atoms with van der Waals surface area (Å²) in [7, 11) is -1.56. The van der Waals surface area contributed by atoms with Crippen LogP contribution in [0, 0.1) is 0 Å². The number of unbranched alkanes of at least 4 members (excludes halogenated alkanes) is 1. The Kier molecular flexibility index (Phi) is 7.11. The van der Waals surface area contributed by atoms with Gasteiger partial charge in [0.25, 0.3) is 0 Å². The van der Waals surface area contributed by atoms with E-state index in [1.165, 1.54) is 17.4 Å². The Morgan fingerprint density at radius 2 is 1.37 bits per heavy atom. The lowest BCUT2D eigenvalue weighted by Crippen LogP contribution is -1.99. The van der Waals surface area contributed by atoms with E-state index >= 15 is 0 Å². The second kappa shape index (κ2) is 9.77. The van der Waals surface area contributed by atoms with E-state index in [0.29, 0.717) is 4.90 Å². The zero-order valence-corrected chi connectivity index (χ0v) is 18.6. The maximum Gasteiger partial charge on any atom is 0.175 e. The largest absolute Gasteiger partial charge is 0.497 e. The summed E-state index contributed by atoms with van der Waals surface area (Å²) in [6.45, 7) is 2.18. The van der Waals surface area contributed by atoms with E-state index in [4.69, 9.17) is 4.74 Å². The minimum absolute atomic E-state index is 0.340. The minimum atomic E-state index is -3.22. The maximum atomic E-state index is 11.9. The maximum absolute atomic E-state index is 11.9. The summed E-state index contributed by atoms with van der Waals surface area (Å²) in [6, 6.07) is 25.7. The topological polar surface area (TPSA) is 43.4 Å². The molecule has 0 atom stereocenters. The van der Waals surface area contributed by atoms with Crippen molar-refractivity contribution in [2.75, 3.05) is 13.4 Å². The van der Waals surface area contributed by atoms with Gasteiger partial charge in [-0.1, -0.05) is 67.9 Å². The minimum Gasteiger partial charge on any atom is -0.497 e. The third-order valence-corrected chi connectivity index (χ3v) is 6.28. The van der Waals surface area contributed by atoms with Crippen molar-refractivity contribution >= 4 is 21.0 Å². The fourth-order valence-corrected chi connectivity index (χ4v) is 4.18. The van der Waals surface area contributed by atoms with Gasteiger partial charge in [0.05, 0.1) is 12.0 Å². The van der Waals surface area contributed by atoms with Gasteiger partial charge in [0.15, 0.2) is 9.84 Å². The molecule has 0 aromatic heterocycles. The average molecular weight is 420 g/mol. The number of sulfone groups is 1. The van der Waals surface area contributed by atoms with E-state index in [9.17, 15) is 8.42 Å². The van der Waals surface area contributed by atoms with Crippen molar-refractivity contribution in [2.24, 2.45) is 0 Å². The van der Waals surface area contributed by atoms with Crippen molar-refractivity contribution in [3.63, 3.8) is 0 Å². The summed E-state index contributed by atoms with van der Waals surface area (Å²) < 4.78 is 29.1. The molecule has 0 radical (unpaired) electrons. The van der Waals surface area contributed by atoms with Gasteiger partial charge in [-0.15, -0.1) is 0 Å². The predicted octanol–water partition coefficient (Wildman–Crippen LogP) is 6.25. The molecule has 156 valence electrons. The molecule has 30 heavy (non-hydrogen) atoms. The first-order valence-corrected chi connectivity index (χ1v) is 12.1. The summed E-state index contributed by atoms with van der Waals surface area (Å²) in [6.07, 6.45) is 4.28. The van der Waals surface area contributed by atoms with Crippen molar-refractivity contribution in [2.45, 2.75) is 31.1 Å². The van der Waals surface area contributed by atoms with E-state index < -0.39 is 9.84 Å². The SMILES string of the molecule is CCCC/C(=C(\c1ccccc1)c1ccc(O[11CH3])cc1)c1ccc(S(C)(=O)=O)cc1. The molecule has 0 unspecified atom stereocenters. The van der Waals surface area contributed by atoms with Crippen LogP contribution in [0.25, 0.3) is 11.1 Å². The molecule has 0 saturated heterocycles. The second-order valence-electron chi connectivity index (χ2n) is 7.35. The summed E-state index contributed by atoms with van der Waals surface area (Å²) in [5, 5.41) is 0. The molecule has 0 amide bonds. The quantitative estimate of drug-likeness (QED) is 0.405.